The highest BCUT2D eigenvalue weighted by molar-refractivity contribution is 6.00. The summed E-state index contributed by atoms with van der Waals surface area (Å²) in [4.78, 5) is 0. The van der Waals surface area contributed by atoms with Gasteiger partial charge < -0.3 is 0 Å². The number of aryl methyl sites for hydroxylation is 1. The fourth-order valence-electron chi connectivity index (χ4n) is 3.12. The Labute approximate surface area is 122 Å². The van der Waals surface area contributed by atoms with Gasteiger partial charge in [-0.3, -0.25) is 0 Å². The Balaban J connectivity index is 1.86. The maximum Gasteiger partial charge on any atom is -0.00964 e. The highest BCUT2D eigenvalue weighted by atomic mass is 14.2. The maximum absolute atomic E-state index is 4.25. The molecular weight excluding hydrogens is 240 g/mol. The van der Waals surface area contributed by atoms with E-state index in [2.05, 4.69) is 56.0 Å². The van der Waals surface area contributed by atoms with Crippen LogP contribution in [0.25, 0.3) is 16.7 Å². The molecule has 0 fully saturated rings. The SMILES string of the molecule is C=C1c2ccccc2-c2cc(CCCCCC)ccc21. The molecule has 0 bridgehead atoms. The summed E-state index contributed by atoms with van der Waals surface area (Å²) in [6.45, 7) is 6.51. The lowest BCUT2D eigenvalue weighted by Crippen LogP contribution is -1.88. The smallest absolute Gasteiger partial charge is 0.00964 e. The van der Waals surface area contributed by atoms with Crippen molar-refractivity contribution in [2.45, 2.75) is 39.0 Å². The zero-order valence-electron chi connectivity index (χ0n) is 12.3. The molecule has 0 aromatic heterocycles. The van der Waals surface area contributed by atoms with Crippen LogP contribution in [0.4, 0.5) is 0 Å². The highest BCUT2D eigenvalue weighted by Gasteiger charge is 2.21. The van der Waals surface area contributed by atoms with Crippen LogP contribution in [0.3, 0.4) is 0 Å². The minimum Gasteiger partial charge on any atom is -0.0905 e. The van der Waals surface area contributed by atoms with Crippen LogP contribution < -0.4 is 0 Å². The van der Waals surface area contributed by atoms with Crippen molar-refractivity contribution in [3.63, 3.8) is 0 Å². The molecule has 0 N–H and O–H groups in total. The van der Waals surface area contributed by atoms with Crippen molar-refractivity contribution in [3.8, 4) is 11.1 Å². The van der Waals surface area contributed by atoms with E-state index in [-0.39, 0.29) is 0 Å². The lowest BCUT2D eigenvalue weighted by atomic mass is 9.99. The lowest BCUT2D eigenvalue weighted by molar-refractivity contribution is 0.667. The van der Waals surface area contributed by atoms with E-state index in [1.807, 2.05) is 0 Å². The standard InChI is InChI=1S/C20H22/c1-3-4-5-6-9-16-12-13-18-15(2)17-10-7-8-11-19(17)20(18)14-16/h7-8,10-14H,2-6,9H2,1H3. The first kappa shape index (κ1) is 13.2. The lowest BCUT2D eigenvalue weighted by Gasteiger charge is -2.06. The normalized spacial score (nSPS) is 12.3. The van der Waals surface area contributed by atoms with Crippen molar-refractivity contribution in [2.75, 3.05) is 0 Å². The van der Waals surface area contributed by atoms with Gasteiger partial charge in [-0.2, -0.15) is 0 Å². The van der Waals surface area contributed by atoms with Crippen LogP contribution in [-0.2, 0) is 6.42 Å². The van der Waals surface area contributed by atoms with Crippen molar-refractivity contribution in [1.82, 2.24) is 0 Å². The fourth-order valence-corrected chi connectivity index (χ4v) is 3.12. The van der Waals surface area contributed by atoms with E-state index >= 15 is 0 Å². The van der Waals surface area contributed by atoms with E-state index in [9.17, 15) is 0 Å². The first-order valence-corrected chi connectivity index (χ1v) is 7.73. The minimum absolute atomic E-state index is 1.17. The molecule has 0 saturated carbocycles. The predicted molar refractivity (Wildman–Crippen MR) is 87.9 cm³/mol. The molecule has 102 valence electrons. The van der Waals surface area contributed by atoms with Gasteiger partial charge >= 0.3 is 0 Å². The quantitative estimate of drug-likeness (QED) is 0.506. The van der Waals surface area contributed by atoms with E-state index < -0.39 is 0 Å². The number of rotatable bonds is 5. The van der Waals surface area contributed by atoms with Crippen LogP contribution in [0.1, 0.15) is 49.3 Å². The van der Waals surface area contributed by atoms with Gasteiger partial charge in [0, 0.05) is 0 Å². The predicted octanol–water partition coefficient (Wildman–Crippen LogP) is 5.85. The second kappa shape index (κ2) is 5.66. The van der Waals surface area contributed by atoms with Gasteiger partial charge in [0.25, 0.3) is 0 Å². The van der Waals surface area contributed by atoms with E-state index in [1.54, 1.807) is 0 Å². The van der Waals surface area contributed by atoms with Gasteiger partial charge in [-0.15, -0.1) is 0 Å². The summed E-state index contributed by atoms with van der Waals surface area (Å²) in [5.41, 5.74) is 7.97. The van der Waals surface area contributed by atoms with Gasteiger partial charge in [0.05, 0.1) is 0 Å². The molecule has 1 aliphatic carbocycles. The Bertz CT molecular complexity index is 634. The monoisotopic (exact) mass is 262 g/mol. The summed E-state index contributed by atoms with van der Waals surface area (Å²) >= 11 is 0. The molecule has 2 aromatic carbocycles. The summed E-state index contributed by atoms with van der Waals surface area (Å²) in [6, 6.07) is 15.5. The topological polar surface area (TPSA) is 0 Å². The largest absolute Gasteiger partial charge is 0.0905 e. The van der Waals surface area contributed by atoms with Crippen molar-refractivity contribution in [1.29, 1.82) is 0 Å². The van der Waals surface area contributed by atoms with Gasteiger partial charge in [-0.1, -0.05) is 75.2 Å². The number of fused-ring (bicyclic) bond motifs is 3. The second-order valence-corrected chi connectivity index (χ2v) is 5.71. The molecule has 2 aromatic rings. The van der Waals surface area contributed by atoms with Crippen molar-refractivity contribution >= 4 is 5.57 Å². The van der Waals surface area contributed by atoms with E-state index in [0.29, 0.717) is 0 Å². The van der Waals surface area contributed by atoms with Crippen LogP contribution in [0, 0.1) is 0 Å². The molecule has 20 heavy (non-hydrogen) atoms. The van der Waals surface area contributed by atoms with Crippen LogP contribution in [0.2, 0.25) is 0 Å². The Hall–Kier alpha value is -1.82. The summed E-state index contributed by atoms with van der Waals surface area (Å²) in [6.07, 6.45) is 6.50. The van der Waals surface area contributed by atoms with Crippen LogP contribution in [-0.4, -0.2) is 0 Å². The Morgan fingerprint density at radius 3 is 2.35 bits per heavy atom. The average molecular weight is 262 g/mol. The van der Waals surface area contributed by atoms with Crippen molar-refractivity contribution in [3.05, 3.63) is 65.7 Å². The molecule has 0 amide bonds. The Morgan fingerprint density at radius 2 is 1.55 bits per heavy atom. The minimum atomic E-state index is 1.17. The summed E-state index contributed by atoms with van der Waals surface area (Å²) < 4.78 is 0. The van der Waals surface area contributed by atoms with Gasteiger partial charge in [-0.25, -0.2) is 0 Å². The van der Waals surface area contributed by atoms with Crippen LogP contribution >= 0.6 is 0 Å². The Kier molecular flexibility index (Phi) is 3.73. The van der Waals surface area contributed by atoms with Gasteiger partial charge in [0.1, 0.15) is 0 Å². The molecule has 0 nitrogen and oxygen atoms in total. The van der Waals surface area contributed by atoms with Crippen LogP contribution in [0.5, 0.6) is 0 Å². The van der Waals surface area contributed by atoms with E-state index in [0.717, 1.165) is 0 Å². The van der Waals surface area contributed by atoms with Gasteiger partial charge in [0.15, 0.2) is 0 Å². The number of benzene rings is 2. The second-order valence-electron chi connectivity index (χ2n) is 5.71. The van der Waals surface area contributed by atoms with Gasteiger partial charge in [-0.05, 0) is 46.2 Å². The molecule has 0 aliphatic heterocycles. The molecule has 3 rings (SSSR count). The molecular formula is C20H22. The van der Waals surface area contributed by atoms with E-state index in [4.69, 9.17) is 0 Å². The molecule has 0 spiro atoms. The first-order valence-electron chi connectivity index (χ1n) is 7.73. The maximum atomic E-state index is 4.25. The fraction of sp³-hybridized carbons (Fsp3) is 0.300. The number of hydrogen-bond acceptors (Lipinski definition) is 0. The molecule has 0 heterocycles. The third-order valence-electron chi connectivity index (χ3n) is 4.27. The third kappa shape index (κ3) is 2.31. The molecule has 0 atom stereocenters. The summed E-state index contributed by atoms with van der Waals surface area (Å²) in [7, 11) is 0. The Morgan fingerprint density at radius 1 is 0.800 bits per heavy atom. The van der Waals surface area contributed by atoms with Gasteiger partial charge in [0.2, 0.25) is 0 Å². The molecule has 0 heteroatoms. The first-order chi connectivity index (χ1) is 9.81. The van der Waals surface area contributed by atoms with Crippen LogP contribution in [0.15, 0.2) is 49.0 Å². The third-order valence-corrected chi connectivity index (χ3v) is 4.27. The highest BCUT2D eigenvalue weighted by Crippen LogP contribution is 2.43. The number of unbranched alkanes of at least 4 members (excludes halogenated alkanes) is 3. The molecule has 1 aliphatic rings. The summed E-state index contributed by atoms with van der Waals surface area (Å²) in [5, 5.41) is 0. The zero-order valence-corrected chi connectivity index (χ0v) is 12.3. The average Bonchev–Trinajstić information content (AvgIpc) is 2.77. The van der Waals surface area contributed by atoms with Crippen molar-refractivity contribution in [2.24, 2.45) is 0 Å². The summed E-state index contributed by atoms with van der Waals surface area (Å²) in [5.74, 6) is 0. The molecule has 0 radical (unpaired) electrons. The zero-order chi connectivity index (χ0) is 13.9. The molecule has 0 unspecified atom stereocenters. The molecule has 0 saturated heterocycles. The van der Waals surface area contributed by atoms with E-state index in [1.165, 1.54) is 65.5 Å². The number of hydrogen-bond donors (Lipinski definition) is 0. The van der Waals surface area contributed by atoms with Crippen molar-refractivity contribution < 1.29 is 0 Å².